The zero-order chi connectivity index (χ0) is 16.5. The highest BCUT2D eigenvalue weighted by Crippen LogP contribution is 2.11. The molecule has 0 fully saturated rings. The van der Waals surface area contributed by atoms with Crippen LogP contribution in [0.25, 0.3) is 0 Å². The summed E-state index contributed by atoms with van der Waals surface area (Å²) in [7, 11) is 1.77. The third-order valence-electron chi connectivity index (χ3n) is 3.27. The van der Waals surface area contributed by atoms with Crippen LogP contribution in [-0.2, 0) is 11.3 Å². The lowest BCUT2D eigenvalue weighted by molar-refractivity contribution is 0.192. The number of hydrogen-bond acceptors (Lipinski definition) is 3. The van der Waals surface area contributed by atoms with E-state index in [1.54, 1.807) is 7.11 Å². The van der Waals surface area contributed by atoms with Crippen LogP contribution in [0.5, 0.6) is 5.75 Å². The fraction of sp³-hybridized carbons (Fsp3) is 0.684. The van der Waals surface area contributed by atoms with E-state index in [-0.39, 0.29) is 0 Å². The average molecular weight is 309 g/mol. The van der Waals surface area contributed by atoms with Crippen molar-refractivity contribution < 1.29 is 9.47 Å². The first-order valence-electron chi connectivity index (χ1n) is 8.78. The van der Waals surface area contributed by atoms with E-state index in [9.17, 15) is 0 Å². The third kappa shape index (κ3) is 11.6. The van der Waals surface area contributed by atoms with E-state index < -0.39 is 0 Å². The Labute approximate surface area is 137 Å². The average Bonchev–Trinajstić information content (AvgIpc) is 2.57. The standard InChI is InChI=1S/C17H29NO2.C2H6/c1-3-20-17-11-9-16(10-12-17)15-18-13-7-5-4-6-8-14-19-2;1-2/h9-12,18H,3-8,13-15H2,1-2H3;1-2H3. The zero-order valence-electron chi connectivity index (χ0n) is 15.0. The molecule has 0 amide bonds. The second kappa shape index (κ2) is 16.3. The van der Waals surface area contributed by atoms with Gasteiger partial charge in [-0.25, -0.2) is 0 Å². The molecule has 0 saturated carbocycles. The van der Waals surface area contributed by atoms with Crippen LogP contribution in [0.2, 0.25) is 0 Å². The number of benzene rings is 1. The molecule has 0 atom stereocenters. The molecule has 0 aliphatic carbocycles. The molecule has 0 spiro atoms. The van der Waals surface area contributed by atoms with Crippen LogP contribution in [0.4, 0.5) is 0 Å². The van der Waals surface area contributed by atoms with E-state index in [0.717, 1.165) is 32.1 Å². The summed E-state index contributed by atoms with van der Waals surface area (Å²) in [6, 6.07) is 8.33. The molecule has 0 unspecified atom stereocenters. The summed E-state index contributed by atoms with van der Waals surface area (Å²) in [6.45, 7) is 9.66. The van der Waals surface area contributed by atoms with Gasteiger partial charge in [-0.1, -0.05) is 45.2 Å². The molecule has 128 valence electrons. The molecule has 1 rings (SSSR count). The zero-order valence-corrected chi connectivity index (χ0v) is 15.0. The van der Waals surface area contributed by atoms with Gasteiger partial charge in [-0.05, 0) is 44.0 Å². The summed E-state index contributed by atoms with van der Waals surface area (Å²) < 4.78 is 10.5. The number of methoxy groups -OCH3 is 1. The van der Waals surface area contributed by atoms with Crippen LogP contribution < -0.4 is 10.1 Å². The molecule has 0 aliphatic rings. The minimum absolute atomic E-state index is 0.724. The van der Waals surface area contributed by atoms with E-state index in [1.165, 1.54) is 37.7 Å². The molecule has 3 heteroatoms. The number of nitrogens with one attached hydrogen (secondary N) is 1. The van der Waals surface area contributed by atoms with Crippen LogP contribution in [0.15, 0.2) is 24.3 Å². The topological polar surface area (TPSA) is 30.5 Å². The first kappa shape index (κ1) is 20.9. The van der Waals surface area contributed by atoms with Gasteiger partial charge in [0, 0.05) is 20.3 Å². The SMILES string of the molecule is CC.CCOc1ccc(CNCCCCCCCOC)cc1. The molecule has 0 heterocycles. The van der Waals surface area contributed by atoms with Gasteiger partial charge in [-0.15, -0.1) is 0 Å². The van der Waals surface area contributed by atoms with Gasteiger partial charge in [-0.2, -0.15) is 0 Å². The second-order valence-corrected chi connectivity index (χ2v) is 5.01. The normalized spacial score (nSPS) is 10.0. The van der Waals surface area contributed by atoms with E-state index >= 15 is 0 Å². The first-order valence-corrected chi connectivity index (χ1v) is 8.78. The summed E-state index contributed by atoms with van der Waals surface area (Å²) in [6.07, 6.45) is 6.35. The van der Waals surface area contributed by atoms with E-state index in [4.69, 9.17) is 9.47 Å². The number of rotatable bonds is 12. The lowest BCUT2D eigenvalue weighted by atomic mass is 10.1. The highest BCUT2D eigenvalue weighted by Gasteiger charge is 1.95. The maximum atomic E-state index is 5.43. The van der Waals surface area contributed by atoms with Gasteiger partial charge < -0.3 is 14.8 Å². The van der Waals surface area contributed by atoms with Crippen LogP contribution in [-0.4, -0.2) is 26.9 Å². The molecular formula is C19H35NO2. The molecule has 3 nitrogen and oxygen atoms in total. The second-order valence-electron chi connectivity index (χ2n) is 5.01. The van der Waals surface area contributed by atoms with Crippen molar-refractivity contribution in [3.63, 3.8) is 0 Å². The van der Waals surface area contributed by atoms with Crippen molar-refractivity contribution in [3.05, 3.63) is 29.8 Å². The Bertz CT molecular complexity index is 325. The monoisotopic (exact) mass is 309 g/mol. The Morgan fingerprint density at radius 2 is 1.55 bits per heavy atom. The van der Waals surface area contributed by atoms with Gasteiger partial charge in [-0.3, -0.25) is 0 Å². The minimum atomic E-state index is 0.724. The summed E-state index contributed by atoms with van der Waals surface area (Å²) in [5.41, 5.74) is 1.31. The molecule has 1 N–H and O–H groups in total. The molecule has 1 aromatic carbocycles. The summed E-state index contributed by atoms with van der Waals surface area (Å²) in [4.78, 5) is 0. The Morgan fingerprint density at radius 1 is 0.909 bits per heavy atom. The van der Waals surface area contributed by atoms with Crippen molar-refractivity contribution in [2.24, 2.45) is 0 Å². The predicted molar refractivity (Wildman–Crippen MR) is 95.6 cm³/mol. The van der Waals surface area contributed by atoms with E-state index in [1.807, 2.05) is 32.9 Å². The van der Waals surface area contributed by atoms with Crippen molar-refractivity contribution in [2.75, 3.05) is 26.9 Å². The van der Waals surface area contributed by atoms with Gasteiger partial charge in [0.05, 0.1) is 6.61 Å². The summed E-state index contributed by atoms with van der Waals surface area (Å²) in [5, 5.41) is 3.49. The van der Waals surface area contributed by atoms with Crippen LogP contribution in [0.1, 0.15) is 58.4 Å². The van der Waals surface area contributed by atoms with Crippen molar-refractivity contribution in [1.29, 1.82) is 0 Å². The summed E-state index contributed by atoms with van der Waals surface area (Å²) >= 11 is 0. The lowest BCUT2D eigenvalue weighted by Gasteiger charge is -2.07. The van der Waals surface area contributed by atoms with Crippen LogP contribution in [0, 0.1) is 0 Å². The quantitative estimate of drug-likeness (QED) is 0.563. The molecule has 0 bridgehead atoms. The van der Waals surface area contributed by atoms with Gasteiger partial charge in [0.1, 0.15) is 5.75 Å². The largest absolute Gasteiger partial charge is 0.494 e. The Kier molecular flexibility index (Phi) is 15.5. The molecular weight excluding hydrogens is 274 g/mol. The fourth-order valence-electron chi connectivity index (χ4n) is 2.13. The maximum absolute atomic E-state index is 5.43. The van der Waals surface area contributed by atoms with E-state index in [2.05, 4.69) is 17.4 Å². The van der Waals surface area contributed by atoms with Crippen molar-refractivity contribution in [3.8, 4) is 5.75 Å². The first-order chi connectivity index (χ1) is 10.9. The van der Waals surface area contributed by atoms with Crippen molar-refractivity contribution in [1.82, 2.24) is 5.32 Å². The lowest BCUT2D eigenvalue weighted by Crippen LogP contribution is -2.14. The minimum Gasteiger partial charge on any atom is -0.494 e. The van der Waals surface area contributed by atoms with E-state index in [0.29, 0.717) is 0 Å². The molecule has 0 radical (unpaired) electrons. The number of unbranched alkanes of at least 4 members (excludes halogenated alkanes) is 4. The Morgan fingerprint density at radius 3 is 2.18 bits per heavy atom. The Hall–Kier alpha value is -1.06. The van der Waals surface area contributed by atoms with Gasteiger partial charge in [0.25, 0.3) is 0 Å². The smallest absolute Gasteiger partial charge is 0.119 e. The molecule has 1 aromatic rings. The van der Waals surface area contributed by atoms with Crippen molar-refractivity contribution >= 4 is 0 Å². The molecule has 22 heavy (non-hydrogen) atoms. The predicted octanol–water partition coefficient (Wildman–Crippen LogP) is 4.80. The number of ether oxygens (including phenoxy) is 2. The number of hydrogen-bond donors (Lipinski definition) is 1. The summed E-state index contributed by atoms with van der Waals surface area (Å²) in [5.74, 6) is 0.951. The van der Waals surface area contributed by atoms with Crippen molar-refractivity contribution in [2.45, 2.75) is 59.4 Å². The van der Waals surface area contributed by atoms with Gasteiger partial charge in [0.2, 0.25) is 0 Å². The third-order valence-corrected chi connectivity index (χ3v) is 3.27. The Balaban J connectivity index is 0.00000211. The van der Waals surface area contributed by atoms with Crippen LogP contribution >= 0.6 is 0 Å². The molecule has 0 aromatic heterocycles. The maximum Gasteiger partial charge on any atom is 0.119 e. The fourth-order valence-corrected chi connectivity index (χ4v) is 2.13. The van der Waals surface area contributed by atoms with Crippen LogP contribution in [0.3, 0.4) is 0 Å². The highest BCUT2D eigenvalue weighted by molar-refractivity contribution is 5.27. The van der Waals surface area contributed by atoms with Gasteiger partial charge >= 0.3 is 0 Å². The highest BCUT2D eigenvalue weighted by atomic mass is 16.5. The molecule has 0 saturated heterocycles. The molecule has 0 aliphatic heterocycles. The van der Waals surface area contributed by atoms with Gasteiger partial charge in [0.15, 0.2) is 0 Å².